The van der Waals surface area contributed by atoms with Crippen LogP contribution in [-0.2, 0) is 0 Å². The molecule has 1 aliphatic heterocycles. The number of hydrogen-bond donors (Lipinski definition) is 1. The maximum Gasteiger partial charge on any atom is 0.213 e. The fourth-order valence-electron chi connectivity index (χ4n) is 2.56. The van der Waals surface area contributed by atoms with E-state index in [1.165, 1.54) is 12.1 Å². The quantitative estimate of drug-likeness (QED) is 0.858. The second kappa shape index (κ2) is 6.60. The Kier molecular flexibility index (Phi) is 4.53. The molecule has 1 aromatic heterocycles. The molecular formula is C17H18FN3O2S. The first kappa shape index (κ1) is 16.4. The molecule has 5 nitrogen and oxygen atoms in total. The molecule has 0 atom stereocenters. The minimum Gasteiger partial charge on any atom is -0.484 e. The molecule has 126 valence electrons. The van der Waals surface area contributed by atoms with E-state index in [-0.39, 0.29) is 5.82 Å². The summed E-state index contributed by atoms with van der Waals surface area (Å²) < 4.78 is 24.1. The molecule has 0 bridgehead atoms. The van der Waals surface area contributed by atoms with Gasteiger partial charge in [0, 0.05) is 12.1 Å². The summed E-state index contributed by atoms with van der Waals surface area (Å²) in [6.45, 7) is 3.23. The molecule has 0 amide bonds. The number of pyridine rings is 1. The van der Waals surface area contributed by atoms with Gasteiger partial charge in [0.05, 0.1) is 32.1 Å². The van der Waals surface area contributed by atoms with Gasteiger partial charge in [0.1, 0.15) is 17.2 Å². The Morgan fingerprint density at radius 3 is 2.75 bits per heavy atom. The number of methoxy groups -OCH3 is 1. The molecule has 3 rings (SSSR count). The van der Waals surface area contributed by atoms with Crippen molar-refractivity contribution >= 4 is 23.0 Å². The van der Waals surface area contributed by atoms with Crippen molar-refractivity contribution in [3.8, 4) is 11.6 Å². The number of halogens is 1. The summed E-state index contributed by atoms with van der Waals surface area (Å²) in [5.74, 6) is 0.762. The number of likely N-dealkylation sites (tertiary alicyclic amines) is 1. The van der Waals surface area contributed by atoms with E-state index < -0.39 is 5.60 Å². The van der Waals surface area contributed by atoms with E-state index >= 15 is 0 Å². The minimum atomic E-state index is -0.391. The Bertz CT molecular complexity index is 733. The van der Waals surface area contributed by atoms with E-state index in [0.717, 1.165) is 5.69 Å². The van der Waals surface area contributed by atoms with Crippen LogP contribution in [0.5, 0.6) is 11.6 Å². The van der Waals surface area contributed by atoms with E-state index in [2.05, 4.69) is 10.3 Å². The van der Waals surface area contributed by atoms with Crippen LogP contribution in [0.25, 0.3) is 0 Å². The van der Waals surface area contributed by atoms with Gasteiger partial charge in [-0.15, -0.1) is 0 Å². The lowest BCUT2D eigenvalue weighted by atomic mass is 9.97. The van der Waals surface area contributed by atoms with Crippen molar-refractivity contribution in [3.05, 3.63) is 48.4 Å². The minimum absolute atomic E-state index is 0.309. The van der Waals surface area contributed by atoms with Crippen molar-refractivity contribution in [3.63, 3.8) is 0 Å². The highest BCUT2D eigenvalue weighted by molar-refractivity contribution is 7.80. The summed E-state index contributed by atoms with van der Waals surface area (Å²) in [4.78, 5) is 6.11. The second-order valence-electron chi connectivity index (χ2n) is 5.88. The van der Waals surface area contributed by atoms with Crippen LogP contribution in [-0.4, -0.2) is 40.8 Å². The average molecular weight is 347 g/mol. The molecule has 1 aliphatic rings. The normalized spacial score (nSPS) is 15.4. The second-order valence-corrected chi connectivity index (χ2v) is 6.27. The van der Waals surface area contributed by atoms with E-state index in [0.29, 0.717) is 29.8 Å². The third kappa shape index (κ3) is 3.73. The molecule has 0 radical (unpaired) electrons. The molecule has 2 heterocycles. The number of anilines is 1. The highest BCUT2D eigenvalue weighted by atomic mass is 32.1. The number of hydrogen-bond acceptors (Lipinski definition) is 4. The lowest BCUT2D eigenvalue weighted by Gasteiger charge is -2.48. The maximum atomic E-state index is 13.2. The average Bonchev–Trinajstić information content (AvgIpc) is 2.53. The van der Waals surface area contributed by atoms with Crippen molar-refractivity contribution in [1.29, 1.82) is 0 Å². The largest absolute Gasteiger partial charge is 0.484 e. The van der Waals surface area contributed by atoms with Gasteiger partial charge in [-0.25, -0.2) is 9.37 Å². The number of aromatic nitrogens is 1. The molecule has 1 aromatic carbocycles. The summed E-state index contributed by atoms with van der Waals surface area (Å²) >= 11 is 5.40. The van der Waals surface area contributed by atoms with Crippen LogP contribution < -0.4 is 14.8 Å². The summed E-state index contributed by atoms with van der Waals surface area (Å²) in [5, 5.41) is 3.73. The number of rotatable bonds is 4. The monoisotopic (exact) mass is 347 g/mol. The van der Waals surface area contributed by atoms with Crippen LogP contribution in [0.15, 0.2) is 42.6 Å². The molecule has 2 aromatic rings. The summed E-state index contributed by atoms with van der Waals surface area (Å²) in [6.07, 6.45) is 1.66. The lowest BCUT2D eigenvalue weighted by Crippen LogP contribution is -2.65. The Morgan fingerprint density at radius 2 is 2.12 bits per heavy atom. The van der Waals surface area contributed by atoms with E-state index in [9.17, 15) is 4.39 Å². The maximum absolute atomic E-state index is 13.2. The molecule has 1 fully saturated rings. The molecule has 24 heavy (non-hydrogen) atoms. The van der Waals surface area contributed by atoms with Gasteiger partial charge >= 0.3 is 0 Å². The Labute approximate surface area is 145 Å². The van der Waals surface area contributed by atoms with Crippen LogP contribution in [0, 0.1) is 5.82 Å². The summed E-state index contributed by atoms with van der Waals surface area (Å²) in [7, 11) is 1.57. The summed E-state index contributed by atoms with van der Waals surface area (Å²) in [5.41, 5.74) is 0.401. The Balaban J connectivity index is 1.53. The zero-order valence-corrected chi connectivity index (χ0v) is 14.3. The van der Waals surface area contributed by atoms with Gasteiger partial charge in [-0.2, -0.15) is 0 Å². The number of thiocarbonyl (C=S) groups is 1. The van der Waals surface area contributed by atoms with Crippen molar-refractivity contribution < 1.29 is 13.9 Å². The van der Waals surface area contributed by atoms with Crippen LogP contribution in [0.3, 0.4) is 0 Å². The highest BCUT2D eigenvalue weighted by Gasteiger charge is 2.42. The van der Waals surface area contributed by atoms with Gasteiger partial charge in [-0.3, -0.25) is 0 Å². The molecule has 1 saturated heterocycles. The number of ether oxygens (including phenoxy) is 2. The first-order valence-electron chi connectivity index (χ1n) is 7.48. The Morgan fingerprint density at radius 1 is 1.33 bits per heavy atom. The summed E-state index contributed by atoms with van der Waals surface area (Å²) in [6, 6.07) is 9.76. The third-order valence-corrected chi connectivity index (χ3v) is 4.06. The number of nitrogens with zero attached hydrogens (tertiary/aromatic N) is 2. The zero-order chi connectivity index (χ0) is 17.2. The first-order valence-corrected chi connectivity index (χ1v) is 7.89. The molecule has 7 heteroatoms. The SMILES string of the molecule is COc1ccc(NC(=S)N2CC(C)(Oc3cccc(F)c3)C2)cn1. The van der Waals surface area contributed by atoms with Gasteiger partial charge in [-0.1, -0.05) is 6.07 Å². The lowest BCUT2D eigenvalue weighted by molar-refractivity contribution is -0.0260. The fraction of sp³-hybridized carbons (Fsp3) is 0.294. The van der Waals surface area contributed by atoms with Crippen molar-refractivity contribution in [2.24, 2.45) is 0 Å². The standard InChI is InChI=1S/C17H18FN3O2S/c1-17(23-14-5-3-4-12(18)8-14)10-21(11-17)16(24)20-13-6-7-15(22-2)19-9-13/h3-9H,10-11H2,1-2H3,(H,20,24). The van der Waals surface area contributed by atoms with Crippen LogP contribution in [0.1, 0.15) is 6.92 Å². The highest BCUT2D eigenvalue weighted by Crippen LogP contribution is 2.28. The van der Waals surface area contributed by atoms with Gasteiger partial charge in [-0.05, 0) is 37.3 Å². The van der Waals surface area contributed by atoms with E-state index in [1.54, 1.807) is 31.5 Å². The van der Waals surface area contributed by atoms with Gasteiger partial charge in [0.15, 0.2) is 5.11 Å². The van der Waals surface area contributed by atoms with Crippen LogP contribution >= 0.6 is 12.2 Å². The van der Waals surface area contributed by atoms with Gasteiger partial charge in [0.2, 0.25) is 5.88 Å². The molecule has 0 unspecified atom stereocenters. The van der Waals surface area contributed by atoms with Gasteiger partial charge < -0.3 is 19.7 Å². The fourth-order valence-corrected chi connectivity index (χ4v) is 2.81. The first-order chi connectivity index (χ1) is 11.5. The number of nitrogens with one attached hydrogen (secondary N) is 1. The molecule has 0 spiro atoms. The van der Waals surface area contributed by atoms with E-state index in [4.69, 9.17) is 21.7 Å². The molecule has 0 aliphatic carbocycles. The topological polar surface area (TPSA) is 46.6 Å². The predicted molar refractivity (Wildman–Crippen MR) is 94.0 cm³/mol. The van der Waals surface area contributed by atoms with Gasteiger partial charge in [0.25, 0.3) is 0 Å². The van der Waals surface area contributed by atoms with Crippen LogP contribution in [0.2, 0.25) is 0 Å². The molecule has 0 saturated carbocycles. The van der Waals surface area contributed by atoms with Crippen molar-refractivity contribution in [2.75, 3.05) is 25.5 Å². The van der Waals surface area contributed by atoms with Crippen LogP contribution in [0.4, 0.5) is 10.1 Å². The molecular weight excluding hydrogens is 329 g/mol. The van der Waals surface area contributed by atoms with E-state index in [1.807, 2.05) is 17.9 Å². The van der Waals surface area contributed by atoms with Crippen molar-refractivity contribution in [2.45, 2.75) is 12.5 Å². The third-order valence-electron chi connectivity index (χ3n) is 3.69. The van der Waals surface area contributed by atoms with Crippen molar-refractivity contribution in [1.82, 2.24) is 9.88 Å². The Hall–Kier alpha value is -2.41. The zero-order valence-electron chi connectivity index (χ0n) is 13.5. The molecule has 1 N–H and O–H groups in total. The predicted octanol–water partition coefficient (Wildman–Crippen LogP) is 3.08. The smallest absolute Gasteiger partial charge is 0.213 e. The number of benzene rings is 1.